The van der Waals surface area contributed by atoms with Crippen LogP contribution in [0.15, 0.2) is 71.8 Å². The first-order valence-corrected chi connectivity index (χ1v) is 8.82. The number of nitrogens with one attached hydrogen (secondary N) is 1. The fourth-order valence-electron chi connectivity index (χ4n) is 2.60. The van der Waals surface area contributed by atoms with Crippen LogP contribution in [0, 0.1) is 0 Å². The van der Waals surface area contributed by atoms with Crippen LogP contribution in [0.2, 0.25) is 0 Å². The number of unbranched alkanes of at least 4 members (excludes halogenated alkanes) is 1. The van der Waals surface area contributed by atoms with Crippen molar-refractivity contribution >= 4 is 22.9 Å². The first-order valence-electron chi connectivity index (χ1n) is 8.82. The lowest BCUT2D eigenvalue weighted by molar-refractivity contribution is 0.0955. The van der Waals surface area contributed by atoms with Gasteiger partial charge in [-0.25, -0.2) is 5.43 Å². The lowest BCUT2D eigenvalue weighted by Crippen LogP contribution is -2.17. The number of rotatable bonds is 7. The Bertz CT molecular complexity index is 919. The zero-order valence-electron chi connectivity index (χ0n) is 14.8. The number of fused-ring (bicyclic) bond motifs is 1. The Morgan fingerprint density at radius 1 is 1.04 bits per heavy atom. The van der Waals surface area contributed by atoms with Crippen molar-refractivity contribution in [2.75, 3.05) is 6.61 Å². The SMILES string of the molecule is CCCCOc1ccccc1/C=N\NC(=O)c1ccc2ccccc2c1. The van der Waals surface area contributed by atoms with Crippen molar-refractivity contribution in [3.05, 3.63) is 77.9 Å². The zero-order valence-corrected chi connectivity index (χ0v) is 14.8. The maximum absolute atomic E-state index is 12.3. The van der Waals surface area contributed by atoms with E-state index in [4.69, 9.17) is 4.74 Å². The van der Waals surface area contributed by atoms with E-state index in [0.29, 0.717) is 12.2 Å². The smallest absolute Gasteiger partial charge is 0.271 e. The van der Waals surface area contributed by atoms with E-state index in [2.05, 4.69) is 17.5 Å². The Hall–Kier alpha value is -3.14. The van der Waals surface area contributed by atoms with Crippen LogP contribution >= 0.6 is 0 Å². The number of benzene rings is 3. The number of carbonyl (C=O) groups excluding carboxylic acids is 1. The summed E-state index contributed by atoms with van der Waals surface area (Å²) in [5.74, 6) is 0.529. The monoisotopic (exact) mass is 346 g/mol. The summed E-state index contributed by atoms with van der Waals surface area (Å²) in [4.78, 5) is 12.3. The second-order valence-corrected chi connectivity index (χ2v) is 6.00. The molecule has 3 aromatic rings. The zero-order chi connectivity index (χ0) is 18.2. The van der Waals surface area contributed by atoms with Crippen molar-refractivity contribution in [2.45, 2.75) is 19.8 Å². The van der Waals surface area contributed by atoms with Gasteiger partial charge in [0, 0.05) is 11.1 Å². The molecule has 1 amide bonds. The van der Waals surface area contributed by atoms with Crippen LogP contribution in [-0.4, -0.2) is 18.7 Å². The van der Waals surface area contributed by atoms with Crippen LogP contribution in [0.3, 0.4) is 0 Å². The number of para-hydroxylation sites is 1. The number of hydrogen-bond donors (Lipinski definition) is 1. The van der Waals surface area contributed by atoms with Crippen molar-refractivity contribution in [3.63, 3.8) is 0 Å². The largest absolute Gasteiger partial charge is 0.493 e. The molecule has 4 heteroatoms. The Balaban J connectivity index is 1.67. The molecule has 0 aliphatic heterocycles. The molecule has 0 aromatic heterocycles. The standard InChI is InChI=1S/C22H22N2O2/c1-2-3-14-26-21-11-7-6-10-20(21)16-23-24-22(25)19-13-12-17-8-4-5-9-18(17)15-19/h4-13,15-16H,2-3,14H2,1H3,(H,24,25)/b23-16-. The first-order chi connectivity index (χ1) is 12.8. The average molecular weight is 346 g/mol. The summed E-state index contributed by atoms with van der Waals surface area (Å²) in [5.41, 5.74) is 3.99. The number of carbonyl (C=O) groups is 1. The van der Waals surface area contributed by atoms with Gasteiger partial charge in [-0.3, -0.25) is 4.79 Å². The Labute approximate surface area is 153 Å². The molecule has 4 nitrogen and oxygen atoms in total. The molecule has 0 radical (unpaired) electrons. The summed E-state index contributed by atoms with van der Waals surface area (Å²) < 4.78 is 5.76. The third-order valence-corrected chi connectivity index (χ3v) is 4.06. The minimum absolute atomic E-state index is 0.239. The molecular formula is C22H22N2O2. The molecule has 0 heterocycles. The first kappa shape index (κ1) is 17.7. The Kier molecular flexibility index (Phi) is 5.99. The highest BCUT2D eigenvalue weighted by Crippen LogP contribution is 2.17. The predicted molar refractivity (Wildman–Crippen MR) is 106 cm³/mol. The summed E-state index contributed by atoms with van der Waals surface area (Å²) in [6.07, 6.45) is 3.70. The number of hydrogen-bond acceptors (Lipinski definition) is 3. The fourth-order valence-corrected chi connectivity index (χ4v) is 2.60. The molecule has 26 heavy (non-hydrogen) atoms. The molecule has 0 fully saturated rings. The number of ether oxygens (including phenoxy) is 1. The van der Waals surface area contributed by atoms with Crippen LogP contribution in [0.4, 0.5) is 0 Å². The van der Waals surface area contributed by atoms with Crippen LogP contribution in [0.1, 0.15) is 35.7 Å². The molecule has 0 aliphatic carbocycles. The summed E-state index contributed by atoms with van der Waals surface area (Å²) in [5, 5.41) is 6.21. The van der Waals surface area contributed by atoms with E-state index in [-0.39, 0.29) is 5.91 Å². The van der Waals surface area contributed by atoms with Gasteiger partial charge >= 0.3 is 0 Å². The van der Waals surface area contributed by atoms with Gasteiger partial charge < -0.3 is 4.74 Å². The van der Waals surface area contributed by atoms with Gasteiger partial charge in [-0.2, -0.15) is 5.10 Å². The highest BCUT2D eigenvalue weighted by molar-refractivity contribution is 5.99. The van der Waals surface area contributed by atoms with Gasteiger partial charge in [-0.05, 0) is 41.5 Å². The molecule has 0 aliphatic rings. The number of amides is 1. The van der Waals surface area contributed by atoms with E-state index in [0.717, 1.165) is 34.9 Å². The molecule has 0 saturated carbocycles. The van der Waals surface area contributed by atoms with E-state index in [9.17, 15) is 4.79 Å². The lowest BCUT2D eigenvalue weighted by atomic mass is 10.1. The van der Waals surface area contributed by atoms with E-state index in [1.54, 1.807) is 12.3 Å². The summed E-state index contributed by atoms with van der Waals surface area (Å²) in [6, 6.07) is 21.2. The minimum Gasteiger partial charge on any atom is -0.493 e. The Morgan fingerprint density at radius 3 is 2.65 bits per heavy atom. The van der Waals surface area contributed by atoms with Crippen molar-refractivity contribution in [1.29, 1.82) is 0 Å². The molecule has 0 saturated heterocycles. The van der Waals surface area contributed by atoms with Gasteiger partial charge in [0.05, 0.1) is 12.8 Å². The molecule has 1 N–H and O–H groups in total. The van der Waals surface area contributed by atoms with Gasteiger partial charge in [-0.15, -0.1) is 0 Å². The van der Waals surface area contributed by atoms with E-state index >= 15 is 0 Å². The van der Waals surface area contributed by atoms with Gasteiger partial charge in [0.1, 0.15) is 5.75 Å². The van der Waals surface area contributed by atoms with Crippen LogP contribution in [-0.2, 0) is 0 Å². The maximum Gasteiger partial charge on any atom is 0.271 e. The third-order valence-electron chi connectivity index (χ3n) is 4.06. The normalized spacial score (nSPS) is 11.0. The quantitative estimate of drug-likeness (QED) is 0.380. The summed E-state index contributed by atoms with van der Waals surface area (Å²) in [7, 11) is 0. The van der Waals surface area contributed by atoms with E-state index in [1.165, 1.54) is 0 Å². The van der Waals surface area contributed by atoms with Crippen LogP contribution in [0.5, 0.6) is 5.75 Å². The second-order valence-electron chi connectivity index (χ2n) is 6.00. The van der Waals surface area contributed by atoms with Crippen molar-refractivity contribution in [1.82, 2.24) is 5.43 Å². The predicted octanol–water partition coefficient (Wildman–Crippen LogP) is 4.78. The van der Waals surface area contributed by atoms with Crippen LogP contribution in [0.25, 0.3) is 10.8 Å². The van der Waals surface area contributed by atoms with E-state index < -0.39 is 0 Å². The molecule has 132 valence electrons. The number of nitrogens with zero attached hydrogens (tertiary/aromatic N) is 1. The van der Waals surface area contributed by atoms with Crippen LogP contribution < -0.4 is 10.2 Å². The molecule has 3 rings (SSSR count). The highest BCUT2D eigenvalue weighted by atomic mass is 16.5. The molecule has 0 bridgehead atoms. The molecule has 3 aromatic carbocycles. The minimum atomic E-state index is -0.239. The number of hydrazone groups is 1. The van der Waals surface area contributed by atoms with E-state index in [1.807, 2.05) is 60.7 Å². The second kappa shape index (κ2) is 8.81. The molecule has 0 unspecified atom stereocenters. The molecule has 0 spiro atoms. The highest BCUT2D eigenvalue weighted by Gasteiger charge is 2.05. The summed E-state index contributed by atoms with van der Waals surface area (Å²) >= 11 is 0. The molecular weight excluding hydrogens is 324 g/mol. The summed E-state index contributed by atoms with van der Waals surface area (Å²) in [6.45, 7) is 2.80. The topological polar surface area (TPSA) is 50.7 Å². The van der Waals surface area contributed by atoms with Gasteiger partial charge in [0.15, 0.2) is 0 Å². The Morgan fingerprint density at radius 2 is 1.81 bits per heavy atom. The lowest BCUT2D eigenvalue weighted by Gasteiger charge is -2.08. The van der Waals surface area contributed by atoms with Crippen molar-refractivity contribution in [3.8, 4) is 5.75 Å². The molecule has 0 atom stereocenters. The van der Waals surface area contributed by atoms with Crippen molar-refractivity contribution < 1.29 is 9.53 Å². The van der Waals surface area contributed by atoms with Gasteiger partial charge in [0.25, 0.3) is 5.91 Å². The maximum atomic E-state index is 12.3. The fraction of sp³-hybridized carbons (Fsp3) is 0.182. The average Bonchev–Trinajstić information content (AvgIpc) is 2.69. The van der Waals surface area contributed by atoms with Crippen molar-refractivity contribution in [2.24, 2.45) is 5.10 Å². The van der Waals surface area contributed by atoms with Gasteiger partial charge in [-0.1, -0.05) is 55.8 Å². The van der Waals surface area contributed by atoms with Gasteiger partial charge in [0.2, 0.25) is 0 Å². The third kappa shape index (κ3) is 4.48.